The summed E-state index contributed by atoms with van der Waals surface area (Å²) in [6.45, 7) is 1.86. The van der Waals surface area contributed by atoms with Gasteiger partial charge in [0.05, 0.1) is 17.3 Å². The number of furan rings is 1. The van der Waals surface area contributed by atoms with Gasteiger partial charge in [-0.3, -0.25) is 9.59 Å². The number of halogens is 1. The van der Waals surface area contributed by atoms with Crippen LogP contribution in [0.25, 0.3) is 0 Å². The number of hydrazone groups is 1. The second-order valence-electron chi connectivity index (χ2n) is 8.93. The molecule has 1 aliphatic carbocycles. The van der Waals surface area contributed by atoms with Crippen LogP contribution < -0.4 is 10.7 Å². The van der Waals surface area contributed by atoms with Crippen LogP contribution in [0, 0.1) is 6.92 Å². The van der Waals surface area contributed by atoms with Crippen molar-refractivity contribution in [3.63, 3.8) is 0 Å². The highest BCUT2D eigenvalue weighted by Crippen LogP contribution is 2.31. The van der Waals surface area contributed by atoms with Crippen molar-refractivity contribution in [1.82, 2.24) is 5.43 Å². The number of rotatable bonds is 6. The van der Waals surface area contributed by atoms with Gasteiger partial charge in [-0.2, -0.15) is 5.10 Å². The first kappa shape index (κ1) is 24.7. The molecule has 1 aromatic heterocycles. The fraction of sp³-hybridized carbons (Fsp3) is 0.167. The molecule has 0 saturated heterocycles. The van der Waals surface area contributed by atoms with Gasteiger partial charge in [-0.25, -0.2) is 5.43 Å². The zero-order valence-electron chi connectivity index (χ0n) is 20.3. The average molecular weight is 556 g/mol. The Morgan fingerprint density at radius 1 is 0.892 bits per heavy atom. The van der Waals surface area contributed by atoms with E-state index in [0.29, 0.717) is 18.5 Å². The molecule has 0 fully saturated rings. The van der Waals surface area contributed by atoms with Crippen molar-refractivity contribution in [2.24, 2.45) is 5.10 Å². The van der Waals surface area contributed by atoms with Gasteiger partial charge >= 0.3 is 0 Å². The first-order valence-electron chi connectivity index (χ1n) is 12.2. The molecule has 0 bridgehead atoms. The Kier molecular flexibility index (Phi) is 7.32. The standard InChI is InChI=1S/C30H26BrN3O3/c1-19-26-24(17-10-18-25(26)37-28(19)30(36)32-23-16-9-8-15-22(23)31)33-34-29(35)27(20-11-4-2-5-12-20)21-13-6-3-7-14-21/h2-9,11-16,27H,10,17-18H2,1H3,(H,32,36)(H,34,35)/b33-24+. The van der Waals surface area contributed by atoms with Gasteiger partial charge in [0.25, 0.3) is 11.8 Å². The summed E-state index contributed by atoms with van der Waals surface area (Å²) >= 11 is 3.46. The summed E-state index contributed by atoms with van der Waals surface area (Å²) in [6.07, 6.45) is 2.21. The quantitative estimate of drug-likeness (QED) is 0.263. The van der Waals surface area contributed by atoms with Crippen LogP contribution in [-0.4, -0.2) is 17.5 Å². The third-order valence-electron chi connectivity index (χ3n) is 6.48. The van der Waals surface area contributed by atoms with Gasteiger partial charge in [-0.1, -0.05) is 72.8 Å². The number of nitrogens with one attached hydrogen (secondary N) is 2. The lowest BCUT2D eigenvalue weighted by Crippen LogP contribution is -2.28. The maximum Gasteiger partial charge on any atom is 0.291 e. The lowest BCUT2D eigenvalue weighted by molar-refractivity contribution is -0.121. The molecule has 3 aromatic carbocycles. The number of hydrogen-bond donors (Lipinski definition) is 2. The molecule has 7 heteroatoms. The van der Waals surface area contributed by atoms with Crippen LogP contribution in [0.3, 0.4) is 0 Å². The van der Waals surface area contributed by atoms with E-state index in [0.717, 1.165) is 44.6 Å². The monoisotopic (exact) mass is 555 g/mol. The maximum atomic E-state index is 13.4. The largest absolute Gasteiger partial charge is 0.455 e. The first-order valence-corrected chi connectivity index (χ1v) is 13.0. The molecule has 1 aliphatic rings. The lowest BCUT2D eigenvalue weighted by Gasteiger charge is -2.18. The number of amides is 2. The molecular weight excluding hydrogens is 530 g/mol. The van der Waals surface area contributed by atoms with Gasteiger partial charge < -0.3 is 9.73 Å². The number of aryl methyl sites for hydroxylation is 1. The molecular formula is C30H26BrN3O3. The summed E-state index contributed by atoms with van der Waals surface area (Å²) in [5.74, 6) is -0.0591. The number of nitrogens with zero attached hydrogens (tertiary/aromatic N) is 1. The number of para-hydroxylation sites is 1. The molecule has 0 radical (unpaired) electrons. The molecule has 0 spiro atoms. The molecule has 0 saturated carbocycles. The van der Waals surface area contributed by atoms with E-state index in [1.807, 2.05) is 91.9 Å². The Hall–Kier alpha value is -3.97. The minimum atomic E-state index is -0.495. The number of carbonyl (C=O) groups excluding carboxylic acids is 2. The molecule has 0 atom stereocenters. The summed E-state index contributed by atoms with van der Waals surface area (Å²) in [6, 6.07) is 26.7. The highest BCUT2D eigenvalue weighted by atomic mass is 79.9. The Morgan fingerprint density at radius 3 is 2.16 bits per heavy atom. The summed E-state index contributed by atoms with van der Waals surface area (Å²) in [5, 5.41) is 7.45. The zero-order valence-corrected chi connectivity index (χ0v) is 21.9. The van der Waals surface area contributed by atoms with Crippen LogP contribution in [0.5, 0.6) is 0 Å². The first-order chi connectivity index (χ1) is 18.0. The van der Waals surface area contributed by atoms with E-state index in [-0.39, 0.29) is 17.6 Å². The van der Waals surface area contributed by atoms with Gasteiger partial charge in [-0.15, -0.1) is 0 Å². The molecule has 5 rings (SSSR count). The molecule has 1 heterocycles. The van der Waals surface area contributed by atoms with Crippen LogP contribution in [0.15, 0.2) is 98.9 Å². The summed E-state index contributed by atoms with van der Waals surface area (Å²) in [7, 11) is 0. The van der Waals surface area contributed by atoms with Crippen molar-refractivity contribution >= 4 is 39.1 Å². The second-order valence-corrected chi connectivity index (χ2v) is 9.79. The third kappa shape index (κ3) is 5.27. The smallest absolute Gasteiger partial charge is 0.291 e. The highest BCUT2D eigenvalue weighted by Gasteiger charge is 2.29. The molecule has 37 heavy (non-hydrogen) atoms. The van der Waals surface area contributed by atoms with E-state index in [9.17, 15) is 9.59 Å². The molecule has 4 aromatic rings. The average Bonchev–Trinajstić information content (AvgIpc) is 3.27. The number of carbonyl (C=O) groups is 2. The van der Waals surface area contributed by atoms with Crippen molar-refractivity contribution in [3.05, 3.63) is 123 Å². The van der Waals surface area contributed by atoms with Crippen LogP contribution >= 0.6 is 15.9 Å². The van der Waals surface area contributed by atoms with Gasteiger partial charge in [0.2, 0.25) is 0 Å². The summed E-state index contributed by atoms with van der Waals surface area (Å²) in [5.41, 5.74) is 7.49. The highest BCUT2D eigenvalue weighted by molar-refractivity contribution is 9.10. The Labute approximate surface area is 223 Å². The van der Waals surface area contributed by atoms with Crippen molar-refractivity contribution in [3.8, 4) is 0 Å². The Bertz CT molecular complexity index is 1420. The van der Waals surface area contributed by atoms with E-state index in [2.05, 4.69) is 31.8 Å². The SMILES string of the molecule is Cc1c(C(=O)Nc2ccccc2Br)oc2c1/C(=N/NC(=O)C(c1ccccc1)c1ccccc1)CCC2. The number of fused-ring (bicyclic) bond motifs is 1. The van der Waals surface area contributed by atoms with Gasteiger partial charge in [0, 0.05) is 22.0 Å². The van der Waals surface area contributed by atoms with E-state index >= 15 is 0 Å². The topological polar surface area (TPSA) is 83.7 Å². The lowest BCUT2D eigenvalue weighted by atomic mass is 9.90. The number of benzene rings is 3. The number of hydrogen-bond acceptors (Lipinski definition) is 4. The van der Waals surface area contributed by atoms with Crippen molar-refractivity contribution in [1.29, 1.82) is 0 Å². The van der Waals surface area contributed by atoms with Crippen molar-refractivity contribution < 1.29 is 14.0 Å². The molecule has 186 valence electrons. The van der Waals surface area contributed by atoms with E-state index in [1.165, 1.54) is 0 Å². The normalized spacial score (nSPS) is 13.9. The van der Waals surface area contributed by atoms with Crippen LogP contribution in [-0.2, 0) is 11.2 Å². The van der Waals surface area contributed by atoms with E-state index in [1.54, 1.807) is 0 Å². The minimum absolute atomic E-state index is 0.218. The Morgan fingerprint density at radius 2 is 1.51 bits per heavy atom. The van der Waals surface area contributed by atoms with Crippen LogP contribution in [0.1, 0.15) is 57.3 Å². The van der Waals surface area contributed by atoms with Crippen molar-refractivity contribution in [2.45, 2.75) is 32.1 Å². The predicted octanol–water partition coefficient (Wildman–Crippen LogP) is 6.59. The van der Waals surface area contributed by atoms with Crippen LogP contribution in [0.2, 0.25) is 0 Å². The van der Waals surface area contributed by atoms with E-state index < -0.39 is 5.92 Å². The molecule has 0 aliphatic heterocycles. The second kappa shape index (κ2) is 11.0. The van der Waals surface area contributed by atoms with Crippen LogP contribution in [0.4, 0.5) is 5.69 Å². The fourth-order valence-electron chi connectivity index (χ4n) is 4.71. The van der Waals surface area contributed by atoms with Gasteiger partial charge in [-0.05, 0) is 59.0 Å². The fourth-order valence-corrected chi connectivity index (χ4v) is 5.10. The van der Waals surface area contributed by atoms with E-state index in [4.69, 9.17) is 4.42 Å². The Balaban J connectivity index is 1.41. The predicted molar refractivity (Wildman–Crippen MR) is 148 cm³/mol. The summed E-state index contributed by atoms with van der Waals surface area (Å²) < 4.78 is 6.80. The minimum Gasteiger partial charge on any atom is -0.455 e. The van der Waals surface area contributed by atoms with Gasteiger partial charge in [0.15, 0.2) is 5.76 Å². The maximum absolute atomic E-state index is 13.4. The van der Waals surface area contributed by atoms with Crippen molar-refractivity contribution in [2.75, 3.05) is 5.32 Å². The number of anilines is 1. The molecule has 0 unspecified atom stereocenters. The third-order valence-corrected chi connectivity index (χ3v) is 7.17. The molecule has 2 N–H and O–H groups in total. The van der Waals surface area contributed by atoms with Gasteiger partial charge in [0.1, 0.15) is 5.76 Å². The zero-order chi connectivity index (χ0) is 25.8. The molecule has 6 nitrogen and oxygen atoms in total. The summed E-state index contributed by atoms with van der Waals surface area (Å²) in [4.78, 5) is 26.5. The molecule has 2 amide bonds.